The SMILES string of the molecule is CCOC(=O)/C(C)=C(/CC)c1ccccc1. The van der Waals surface area contributed by atoms with Crippen molar-refractivity contribution in [2.45, 2.75) is 27.2 Å². The molecule has 1 rings (SSSR count). The van der Waals surface area contributed by atoms with Gasteiger partial charge in [-0.05, 0) is 31.4 Å². The van der Waals surface area contributed by atoms with Crippen molar-refractivity contribution < 1.29 is 9.53 Å². The molecule has 2 heteroatoms. The molecule has 0 aromatic heterocycles. The van der Waals surface area contributed by atoms with E-state index in [0.717, 1.165) is 17.6 Å². The Morgan fingerprint density at radius 1 is 1.19 bits per heavy atom. The van der Waals surface area contributed by atoms with Gasteiger partial charge in [0, 0.05) is 5.57 Å². The lowest BCUT2D eigenvalue weighted by Crippen LogP contribution is -2.07. The van der Waals surface area contributed by atoms with Gasteiger partial charge < -0.3 is 4.74 Å². The smallest absolute Gasteiger partial charge is 0.333 e. The molecule has 16 heavy (non-hydrogen) atoms. The molecule has 0 N–H and O–H groups in total. The van der Waals surface area contributed by atoms with Crippen molar-refractivity contribution in [1.29, 1.82) is 0 Å². The Morgan fingerprint density at radius 2 is 1.81 bits per heavy atom. The first kappa shape index (κ1) is 12.5. The molecule has 0 amide bonds. The normalized spacial score (nSPS) is 11.9. The molecule has 0 aliphatic heterocycles. The molecular weight excluding hydrogens is 200 g/mol. The van der Waals surface area contributed by atoms with E-state index in [9.17, 15) is 4.79 Å². The van der Waals surface area contributed by atoms with Crippen molar-refractivity contribution >= 4 is 11.5 Å². The minimum Gasteiger partial charge on any atom is -0.463 e. The lowest BCUT2D eigenvalue weighted by molar-refractivity contribution is -0.138. The summed E-state index contributed by atoms with van der Waals surface area (Å²) >= 11 is 0. The number of hydrogen-bond donors (Lipinski definition) is 0. The molecular formula is C14H18O2. The van der Waals surface area contributed by atoms with Gasteiger partial charge in [-0.2, -0.15) is 0 Å². The highest BCUT2D eigenvalue weighted by molar-refractivity contribution is 5.97. The minimum absolute atomic E-state index is 0.219. The second kappa shape index (κ2) is 6.11. The van der Waals surface area contributed by atoms with Crippen LogP contribution in [0.3, 0.4) is 0 Å². The Kier molecular flexibility index (Phi) is 4.77. The van der Waals surface area contributed by atoms with Crippen LogP contribution in [0.1, 0.15) is 32.8 Å². The van der Waals surface area contributed by atoms with Crippen molar-refractivity contribution in [1.82, 2.24) is 0 Å². The zero-order valence-corrected chi connectivity index (χ0v) is 10.1. The first-order chi connectivity index (χ1) is 7.70. The van der Waals surface area contributed by atoms with Gasteiger partial charge in [0.1, 0.15) is 0 Å². The second-order valence-corrected chi connectivity index (χ2v) is 3.54. The van der Waals surface area contributed by atoms with Gasteiger partial charge >= 0.3 is 5.97 Å². The number of hydrogen-bond acceptors (Lipinski definition) is 2. The Morgan fingerprint density at radius 3 is 2.31 bits per heavy atom. The van der Waals surface area contributed by atoms with E-state index in [2.05, 4.69) is 0 Å². The number of carbonyl (C=O) groups excluding carboxylic acids is 1. The molecule has 0 radical (unpaired) electrons. The van der Waals surface area contributed by atoms with Crippen molar-refractivity contribution in [2.24, 2.45) is 0 Å². The zero-order valence-electron chi connectivity index (χ0n) is 10.1. The Balaban J connectivity index is 3.05. The zero-order chi connectivity index (χ0) is 12.0. The third-order valence-corrected chi connectivity index (χ3v) is 2.51. The Hall–Kier alpha value is -1.57. The number of allylic oxidation sites excluding steroid dienone is 1. The average Bonchev–Trinajstić information content (AvgIpc) is 2.31. The van der Waals surface area contributed by atoms with Crippen LogP contribution in [-0.4, -0.2) is 12.6 Å². The maximum absolute atomic E-state index is 11.6. The van der Waals surface area contributed by atoms with Gasteiger partial charge in [-0.15, -0.1) is 0 Å². The van der Waals surface area contributed by atoms with E-state index in [1.54, 1.807) is 0 Å². The molecule has 0 saturated heterocycles. The summed E-state index contributed by atoms with van der Waals surface area (Å²) < 4.78 is 5.01. The van der Waals surface area contributed by atoms with Gasteiger partial charge in [0.2, 0.25) is 0 Å². The van der Waals surface area contributed by atoms with Crippen LogP contribution in [0.15, 0.2) is 35.9 Å². The summed E-state index contributed by atoms with van der Waals surface area (Å²) in [6.45, 7) is 6.11. The number of esters is 1. The van der Waals surface area contributed by atoms with E-state index in [-0.39, 0.29) is 5.97 Å². The fourth-order valence-corrected chi connectivity index (χ4v) is 1.69. The van der Waals surface area contributed by atoms with Gasteiger partial charge in [-0.3, -0.25) is 0 Å². The maximum atomic E-state index is 11.6. The molecule has 86 valence electrons. The summed E-state index contributed by atoms with van der Waals surface area (Å²) in [7, 11) is 0. The number of benzene rings is 1. The third-order valence-electron chi connectivity index (χ3n) is 2.51. The van der Waals surface area contributed by atoms with E-state index in [1.165, 1.54) is 0 Å². The van der Waals surface area contributed by atoms with Crippen LogP contribution >= 0.6 is 0 Å². The Labute approximate surface area is 96.9 Å². The maximum Gasteiger partial charge on any atom is 0.333 e. The van der Waals surface area contributed by atoms with Crippen LogP contribution in [0.2, 0.25) is 0 Å². The van der Waals surface area contributed by atoms with Crippen molar-refractivity contribution in [3.05, 3.63) is 41.5 Å². The first-order valence-corrected chi connectivity index (χ1v) is 5.63. The van der Waals surface area contributed by atoms with Crippen molar-refractivity contribution in [2.75, 3.05) is 6.61 Å². The van der Waals surface area contributed by atoms with Crippen LogP contribution < -0.4 is 0 Å². The van der Waals surface area contributed by atoms with E-state index < -0.39 is 0 Å². The van der Waals surface area contributed by atoms with Gasteiger partial charge in [0.25, 0.3) is 0 Å². The van der Waals surface area contributed by atoms with Crippen LogP contribution in [0.4, 0.5) is 0 Å². The fraction of sp³-hybridized carbons (Fsp3) is 0.357. The molecule has 2 nitrogen and oxygen atoms in total. The van der Waals surface area contributed by atoms with Gasteiger partial charge in [-0.25, -0.2) is 4.79 Å². The largest absolute Gasteiger partial charge is 0.463 e. The van der Waals surface area contributed by atoms with Crippen LogP contribution in [0.25, 0.3) is 5.57 Å². The summed E-state index contributed by atoms with van der Waals surface area (Å²) in [5.74, 6) is -0.219. The predicted octanol–water partition coefficient (Wildman–Crippen LogP) is 3.43. The predicted molar refractivity (Wildman–Crippen MR) is 66.0 cm³/mol. The lowest BCUT2D eigenvalue weighted by atomic mass is 9.98. The van der Waals surface area contributed by atoms with E-state index in [4.69, 9.17) is 4.74 Å². The highest BCUT2D eigenvalue weighted by Crippen LogP contribution is 2.22. The highest BCUT2D eigenvalue weighted by atomic mass is 16.5. The number of rotatable bonds is 4. The Bertz CT molecular complexity index is 377. The highest BCUT2D eigenvalue weighted by Gasteiger charge is 2.11. The first-order valence-electron chi connectivity index (χ1n) is 5.63. The summed E-state index contributed by atoms with van der Waals surface area (Å²) in [5.41, 5.74) is 2.85. The molecule has 0 aliphatic carbocycles. The minimum atomic E-state index is -0.219. The molecule has 0 atom stereocenters. The molecule has 0 spiro atoms. The van der Waals surface area contributed by atoms with Crippen LogP contribution in [0, 0.1) is 0 Å². The van der Waals surface area contributed by atoms with Crippen LogP contribution in [0.5, 0.6) is 0 Å². The van der Waals surface area contributed by atoms with E-state index in [0.29, 0.717) is 12.2 Å². The molecule has 0 unspecified atom stereocenters. The molecule has 1 aromatic carbocycles. The molecule has 0 aliphatic rings. The summed E-state index contributed by atoms with van der Waals surface area (Å²) in [6, 6.07) is 9.95. The molecule has 0 bridgehead atoms. The van der Waals surface area contributed by atoms with Crippen LogP contribution in [-0.2, 0) is 9.53 Å². The van der Waals surface area contributed by atoms with Gasteiger partial charge in [-0.1, -0.05) is 37.3 Å². The van der Waals surface area contributed by atoms with Crippen molar-refractivity contribution in [3.8, 4) is 0 Å². The summed E-state index contributed by atoms with van der Waals surface area (Å²) in [5, 5.41) is 0. The number of ether oxygens (including phenoxy) is 1. The second-order valence-electron chi connectivity index (χ2n) is 3.54. The average molecular weight is 218 g/mol. The van der Waals surface area contributed by atoms with Crippen molar-refractivity contribution in [3.63, 3.8) is 0 Å². The molecule has 0 fully saturated rings. The standard InChI is InChI=1S/C14H18O2/c1-4-13(11(3)14(15)16-5-2)12-9-7-6-8-10-12/h6-10H,4-5H2,1-3H3/b13-11-. The molecule has 0 saturated carbocycles. The van der Waals surface area contributed by atoms with E-state index >= 15 is 0 Å². The summed E-state index contributed by atoms with van der Waals surface area (Å²) in [6.07, 6.45) is 0.828. The monoisotopic (exact) mass is 218 g/mol. The molecule has 0 heterocycles. The lowest BCUT2D eigenvalue weighted by Gasteiger charge is -2.10. The van der Waals surface area contributed by atoms with Gasteiger partial charge in [0.15, 0.2) is 0 Å². The molecule has 1 aromatic rings. The topological polar surface area (TPSA) is 26.3 Å². The third kappa shape index (κ3) is 2.96. The van der Waals surface area contributed by atoms with Gasteiger partial charge in [0.05, 0.1) is 6.61 Å². The quantitative estimate of drug-likeness (QED) is 0.571. The number of carbonyl (C=O) groups is 1. The van der Waals surface area contributed by atoms with E-state index in [1.807, 2.05) is 51.1 Å². The fourth-order valence-electron chi connectivity index (χ4n) is 1.69. The summed E-state index contributed by atoms with van der Waals surface area (Å²) in [4.78, 5) is 11.6.